The molecule has 0 unspecified atom stereocenters. The molecule has 30 heavy (non-hydrogen) atoms. The molecule has 0 aliphatic rings. The van der Waals surface area contributed by atoms with E-state index in [1.54, 1.807) is 55.6 Å². The maximum absolute atomic E-state index is 12.3. The third kappa shape index (κ3) is 7.81. The van der Waals surface area contributed by atoms with Gasteiger partial charge in [-0.15, -0.1) is 0 Å². The number of anilines is 1. The van der Waals surface area contributed by atoms with Crippen molar-refractivity contribution in [2.75, 3.05) is 32.2 Å². The van der Waals surface area contributed by atoms with Crippen LogP contribution in [0.15, 0.2) is 48.5 Å². The molecule has 7 nitrogen and oxygen atoms in total. The number of rotatable bonds is 10. The van der Waals surface area contributed by atoms with E-state index in [0.29, 0.717) is 36.6 Å². The zero-order chi connectivity index (χ0) is 21.8. The lowest BCUT2D eigenvalue weighted by Gasteiger charge is -2.11. The van der Waals surface area contributed by atoms with Gasteiger partial charge >= 0.3 is 0 Å². The fourth-order valence-corrected chi connectivity index (χ4v) is 2.66. The van der Waals surface area contributed by atoms with E-state index in [2.05, 4.69) is 22.9 Å². The molecule has 0 fully saturated rings. The maximum atomic E-state index is 12.3. The summed E-state index contributed by atoms with van der Waals surface area (Å²) in [7, 11) is 1.58. The van der Waals surface area contributed by atoms with E-state index in [0.717, 1.165) is 18.6 Å². The summed E-state index contributed by atoms with van der Waals surface area (Å²) < 4.78 is 10.5. The molecular formula is C22H27N3O4S. The average Bonchev–Trinajstić information content (AvgIpc) is 2.75. The maximum Gasteiger partial charge on any atom is 0.257 e. The van der Waals surface area contributed by atoms with E-state index in [-0.39, 0.29) is 16.9 Å². The van der Waals surface area contributed by atoms with Crippen molar-refractivity contribution in [3.05, 3.63) is 59.7 Å². The number of ether oxygens (including phenoxy) is 2. The summed E-state index contributed by atoms with van der Waals surface area (Å²) in [6.45, 7) is 3.65. The molecule has 3 N–H and O–H groups in total. The van der Waals surface area contributed by atoms with Gasteiger partial charge < -0.3 is 20.1 Å². The number of hydrogen-bond acceptors (Lipinski definition) is 5. The van der Waals surface area contributed by atoms with Crippen LogP contribution in [0.25, 0.3) is 0 Å². The minimum atomic E-state index is -0.318. The van der Waals surface area contributed by atoms with Crippen molar-refractivity contribution in [3.63, 3.8) is 0 Å². The molecule has 2 aromatic rings. The third-order valence-electron chi connectivity index (χ3n) is 4.11. The van der Waals surface area contributed by atoms with Gasteiger partial charge in [-0.1, -0.05) is 13.3 Å². The fraction of sp³-hybridized carbons (Fsp3) is 0.318. The van der Waals surface area contributed by atoms with Crippen LogP contribution in [0.2, 0.25) is 0 Å². The van der Waals surface area contributed by atoms with Gasteiger partial charge in [-0.05, 0) is 67.2 Å². The number of unbranched alkanes of at least 4 members (excludes halogenated alkanes) is 1. The number of carbonyl (C=O) groups excluding carboxylic acids is 2. The molecule has 160 valence electrons. The Morgan fingerprint density at radius 1 is 0.933 bits per heavy atom. The van der Waals surface area contributed by atoms with Crippen molar-refractivity contribution in [2.45, 2.75) is 19.8 Å². The van der Waals surface area contributed by atoms with Crippen molar-refractivity contribution in [3.8, 4) is 5.75 Å². The van der Waals surface area contributed by atoms with E-state index in [1.807, 2.05) is 0 Å². The second-order valence-electron chi connectivity index (χ2n) is 6.46. The topological polar surface area (TPSA) is 88.7 Å². The highest BCUT2D eigenvalue weighted by Crippen LogP contribution is 2.13. The summed E-state index contributed by atoms with van der Waals surface area (Å²) in [6, 6.07) is 13.7. The van der Waals surface area contributed by atoms with Gasteiger partial charge in [0.05, 0.1) is 13.2 Å². The van der Waals surface area contributed by atoms with Gasteiger partial charge in [-0.2, -0.15) is 0 Å². The van der Waals surface area contributed by atoms with Crippen molar-refractivity contribution in [1.29, 1.82) is 0 Å². The minimum Gasteiger partial charge on any atom is -0.494 e. The molecule has 0 aliphatic carbocycles. The van der Waals surface area contributed by atoms with Crippen LogP contribution in [0.1, 0.15) is 40.5 Å². The van der Waals surface area contributed by atoms with Crippen LogP contribution in [0.3, 0.4) is 0 Å². The number of hydrogen-bond donors (Lipinski definition) is 3. The first-order chi connectivity index (χ1) is 14.5. The van der Waals surface area contributed by atoms with Gasteiger partial charge in [0.1, 0.15) is 5.75 Å². The molecule has 2 aromatic carbocycles. The summed E-state index contributed by atoms with van der Waals surface area (Å²) in [5.41, 5.74) is 1.66. The van der Waals surface area contributed by atoms with E-state index >= 15 is 0 Å². The lowest BCUT2D eigenvalue weighted by molar-refractivity contribution is 0.0935. The largest absolute Gasteiger partial charge is 0.494 e. The molecule has 0 spiro atoms. The van der Waals surface area contributed by atoms with Crippen LogP contribution < -0.4 is 20.7 Å². The third-order valence-corrected chi connectivity index (χ3v) is 4.31. The smallest absolute Gasteiger partial charge is 0.257 e. The van der Waals surface area contributed by atoms with Crippen LogP contribution in [0.5, 0.6) is 5.75 Å². The Morgan fingerprint density at radius 2 is 1.57 bits per heavy atom. The Hall–Kier alpha value is -2.97. The number of thiocarbonyl (C=S) groups is 1. The zero-order valence-electron chi connectivity index (χ0n) is 17.2. The quantitative estimate of drug-likeness (QED) is 0.396. The molecule has 0 atom stereocenters. The van der Waals surface area contributed by atoms with Gasteiger partial charge in [0, 0.05) is 30.5 Å². The molecule has 2 amide bonds. The minimum absolute atomic E-state index is 0.167. The number of amides is 2. The lowest BCUT2D eigenvalue weighted by atomic mass is 10.2. The predicted molar refractivity (Wildman–Crippen MR) is 121 cm³/mol. The van der Waals surface area contributed by atoms with Crippen LogP contribution in [-0.2, 0) is 4.74 Å². The summed E-state index contributed by atoms with van der Waals surface area (Å²) >= 11 is 5.20. The van der Waals surface area contributed by atoms with E-state index < -0.39 is 0 Å². The Bertz CT molecular complexity index is 838. The molecular weight excluding hydrogens is 402 g/mol. The molecule has 0 saturated heterocycles. The van der Waals surface area contributed by atoms with Crippen molar-refractivity contribution in [2.24, 2.45) is 0 Å². The Balaban J connectivity index is 1.83. The average molecular weight is 430 g/mol. The van der Waals surface area contributed by atoms with E-state index in [9.17, 15) is 9.59 Å². The molecule has 8 heteroatoms. The number of nitrogens with one attached hydrogen (secondary N) is 3. The Morgan fingerprint density at radius 3 is 2.20 bits per heavy atom. The van der Waals surface area contributed by atoms with Gasteiger partial charge in [0.15, 0.2) is 5.11 Å². The predicted octanol–water partition coefficient (Wildman–Crippen LogP) is 3.37. The second kappa shape index (κ2) is 12.6. The van der Waals surface area contributed by atoms with E-state index in [4.69, 9.17) is 21.7 Å². The standard InChI is InChI=1S/C22H27N3O4S/c1-3-4-14-29-19-11-7-17(8-12-19)21(27)25-22(30)24-18-9-5-16(6-10-18)20(26)23-13-15-28-2/h5-12H,3-4,13-15H2,1-2H3,(H,23,26)(H2,24,25,27,30). The lowest BCUT2D eigenvalue weighted by Crippen LogP contribution is -2.34. The van der Waals surface area contributed by atoms with Crippen LogP contribution in [0.4, 0.5) is 5.69 Å². The monoisotopic (exact) mass is 429 g/mol. The first-order valence-electron chi connectivity index (χ1n) is 9.76. The molecule has 0 radical (unpaired) electrons. The van der Waals surface area contributed by atoms with Crippen molar-refractivity contribution >= 4 is 34.8 Å². The summed E-state index contributed by atoms with van der Waals surface area (Å²) in [5, 5.41) is 8.48. The van der Waals surface area contributed by atoms with Gasteiger partial charge in [-0.25, -0.2) is 0 Å². The molecule has 0 saturated carbocycles. The molecule has 0 bridgehead atoms. The summed E-state index contributed by atoms with van der Waals surface area (Å²) in [5.74, 6) is 0.227. The molecule has 2 rings (SSSR count). The van der Waals surface area contributed by atoms with Crippen molar-refractivity contribution in [1.82, 2.24) is 10.6 Å². The summed E-state index contributed by atoms with van der Waals surface area (Å²) in [4.78, 5) is 24.3. The summed E-state index contributed by atoms with van der Waals surface area (Å²) in [6.07, 6.45) is 2.05. The Kier molecular flexibility index (Phi) is 9.76. The number of methoxy groups -OCH3 is 1. The van der Waals surface area contributed by atoms with Crippen molar-refractivity contribution < 1.29 is 19.1 Å². The van der Waals surface area contributed by atoms with Gasteiger partial charge in [0.2, 0.25) is 0 Å². The first-order valence-corrected chi connectivity index (χ1v) is 10.2. The fourth-order valence-electron chi connectivity index (χ4n) is 2.45. The second-order valence-corrected chi connectivity index (χ2v) is 6.87. The number of benzene rings is 2. The van der Waals surface area contributed by atoms with Gasteiger partial charge in [-0.3, -0.25) is 14.9 Å². The zero-order valence-corrected chi connectivity index (χ0v) is 18.0. The highest BCUT2D eigenvalue weighted by Gasteiger charge is 2.09. The molecule has 0 aliphatic heterocycles. The Labute approximate surface area is 182 Å². The van der Waals surface area contributed by atoms with E-state index in [1.165, 1.54) is 0 Å². The normalized spacial score (nSPS) is 10.2. The molecule has 0 aromatic heterocycles. The van der Waals surface area contributed by atoms with Gasteiger partial charge in [0.25, 0.3) is 11.8 Å². The number of carbonyl (C=O) groups is 2. The highest BCUT2D eigenvalue weighted by atomic mass is 32.1. The first kappa shape index (κ1) is 23.3. The molecule has 0 heterocycles. The van der Waals surface area contributed by atoms with Crippen LogP contribution >= 0.6 is 12.2 Å². The van der Waals surface area contributed by atoms with Crippen LogP contribution in [0, 0.1) is 0 Å². The SMILES string of the molecule is CCCCOc1ccc(C(=O)NC(=S)Nc2ccc(C(=O)NCCOC)cc2)cc1. The van der Waals surface area contributed by atoms with Crippen LogP contribution in [-0.4, -0.2) is 43.8 Å². The highest BCUT2D eigenvalue weighted by molar-refractivity contribution is 7.80.